The molecule has 1 fully saturated rings. The Bertz CT molecular complexity index is 691. The van der Waals surface area contributed by atoms with Gasteiger partial charge in [-0.3, -0.25) is 4.79 Å². The Balaban J connectivity index is 1.38. The lowest BCUT2D eigenvalue weighted by Gasteiger charge is -2.25. The van der Waals surface area contributed by atoms with E-state index in [1.807, 2.05) is 9.47 Å². The Morgan fingerprint density at radius 2 is 2.04 bits per heavy atom. The number of ether oxygens (including phenoxy) is 1. The number of carbonyl (C=O) groups excluding carboxylic acids is 1. The molecule has 0 unspecified atom stereocenters. The van der Waals surface area contributed by atoms with Crippen molar-refractivity contribution in [3.8, 4) is 0 Å². The minimum Gasteiger partial charge on any atom is -0.445 e. The molecule has 0 N–H and O–H groups in total. The van der Waals surface area contributed by atoms with Crippen LogP contribution in [0.5, 0.6) is 0 Å². The molecular formula is C16H21N5O3. The average molecular weight is 331 g/mol. The predicted molar refractivity (Wildman–Crippen MR) is 83.1 cm³/mol. The molecule has 1 amide bonds. The fraction of sp³-hybridized carbons (Fsp3) is 0.625. The van der Waals surface area contributed by atoms with Crippen LogP contribution in [0.15, 0.2) is 17.1 Å². The lowest BCUT2D eigenvalue weighted by Crippen LogP contribution is -2.36. The van der Waals surface area contributed by atoms with Gasteiger partial charge in [0.05, 0.1) is 6.54 Å². The molecule has 2 aromatic heterocycles. The first-order valence-corrected chi connectivity index (χ1v) is 8.46. The number of aryl methyl sites for hydroxylation is 1. The van der Waals surface area contributed by atoms with Gasteiger partial charge in [-0.1, -0.05) is 0 Å². The number of hydrogen-bond acceptors (Lipinski definition) is 6. The van der Waals surface area contributed by atoms with Gasteiger partial charge in [-0.25, -0.2) is 4.98 Å². The molecule has 0 aliphatic carbocycles. The molecule has 0 saturated carbocycles. The lowest BCUT2D eigenvalue weighted by molar-refractivity contribution is -0.132. The molecule has 0 atom stereocenters. The van der Waals surface area contributed by atoms with E-state index in [4.69, 9.17) is 9.15 Å². The van der Waals surface area contributed by atoms with Crippen LogP contribution in [-0.4, -0.2) is 50.3 Å². The van der Waals surface area contributed by atoms with E-state index in [9.17, 15) is 4.79 Å². The average Bonchev–Trinajstić information content (AvgIpc) is 3.29. The maximum absolute atomic E-state index is 12.4. The minimum atomic E-state index is 0.130. The summed E-state index contributed by atoms with van der Waals surface area (Å²) in [6.07, 6.45) is 6.35. The molecule has 0 radical (unpaired) electrons. The topological polar surface area (TPSA) is 86.3 Å². The maximum Gasteiger partial charge on any atom is 0.224 e. The van der Waals surface area contributed by atoms with Crippen LogP contribution in [0, 0.1) is 0 Å². The standard InChI is InChI=1S/C16H21N5O3/c22-15(2-5-20-10-17-18-11-20)21-6-1-14-13(9-21)19-16(24-14)12-3-7-23-8-4-12/h10-12H,1-9H2. The predicted octanol–water partition coefficient (Wildman–Crippen LogP) is 1.14. The summed E-state index contributed by atoms with van der Waals surface area (Å²) < 4.78 is 13.2. The van der Waals surface area contributed by atoms with Gasteiger partial charge in [-0.05, 0) is 12.8 Å². The molecule has 8 heteroatoms. The van der Waals surface area contributed by atoms with E-state index in [1.165, 1.54) is 0 Å². The Kier molecular flexibility index (Phi) is 4.29. The Morgan fingerprint density at radius 3 is 2.83 bits per heavy atom. The first kappa shape index (κ1) is 15.3. The van der Waals surface area contributed by atoms with Gasteiger partial charge >= 0.3 is 0 Å². The number of amides is 1. The molecule has 2 aromatic rings. The second-order valence-corrected chi connectivity index (χ2v) is 6.32. The van der Waals surface area contributed by atoms with E-state index in [0.717, 1.165) is 49.8 Å². The molecule has 4 heterocycles. The summed E-state index contributed by atoms with van der Waals surface area (Å²) in [5.41, 5.74) is 0.917. The van der Waals surface area contributed by atoms with Gasteiger partial charge < -0.3 is 18.6 Å². The third-order valence-electron chi connectivity index (χ3n) is 4.72. The molecule has 4 rings (SSSR count). The Morgan fingerprint density at radius 1 is 1.25 bits per heavy atom. The first-order valence-electron chi connectivity index (χ1n) is 8.46. The molecule has 0 aromatic carbocycles. The second-order valence-electron chi connectivity index (χ2n) is 6.32. The molecule has 24 heavy (non-hydrogen) atoms. The third-order valence-corrected chi connectivity index (χ3v) is 4.72. The summed E-state index contributed by atoms with van der Waals surface area (Å²) >= 11 is 0. The highest BCUT2D eigenvalue weighted by atomic mass is 16.5. The fourth-order valence-corrected chi connectivity index (χ4v) is 3.27. The van der Waals surface area contributed by atoms with Crippen LogP contribution in [-0.2, 0) is 29.0 Å². The summed E-state index contributed by atoms with van der Waals surface area (Å²) in [6.45, 7) is 3.37. The highest BCUT2D eigenvalue weighted by molar-refractivity contribution is 5.76. The van der Waals surface area contributed by atoms with Crippen LogP contribution in [0.25, 0.3) is 0 Å². The Hall–Kier alpha value is -2.22. The fourth-order valence-electron chi connectivity index (χ4n) is 3.27. The largest absolute Gasteiger partial charge is 0.445 e. The number of rotatable bonds is 4. The van der Waals surface area contributed by atoms with Crippen molar-refractivity contribution in [2.75, 3.05) is 19.8 Å². The first-order chi connectivity index (χ1) is 11.8. The molecule has 2 aliphatic heterocycles. The quantitative estimate of drug-likeness (QED) is 0.835. The summed E-state index contributed by atoms with van der Waals surface area (Å²) in [5, 5.41) is 7.49. The Labute approximate surface area is 139 Å². The summed E-state index contributed by atoms with van der Waals surface area (Å²) in [6, 6.07) is 0. The number of hydrogen-bond donors (Lipinski definition) is 0. The van der Waals surface area contributed by atoms with Crippen LogP contribution in [0.2, 0.25) is 0 Å². The van der Waals surface area contributed by atoms with E-state index in [2.05, 4.69) is 15.2 Å². The van der Waals surface area contributed by atoms with Gasteiger partial charge in [0.1, 0.15) is 24.1 Å². The van der Waals surface area contributed by atoms with E-state index in [0.29, 0.717) is 32.0 Å². The van der Waals surface area contributed by atoms with Gasteiger partial charge in [-0.15, -0.1) is 10.2 Å². The van der Waals surface area contributed by atoms with Crippen molar-refractivity contribution in [2.45, 2.75) is 44.7 Å². The number of carbonyl (C=O) groups is 1. The smallest absolute Gasteiger partial charge is 0.224 e. The number of oxazole rings is 1. The van der Waals surface area contributed by atoms with E-state index >= 15 is 0 Å². The van der Waals surface area contributed by atoms with E-state index in [-0.39, 0.29) is 5.91 Å². The summed E-state index contributed by atoms with van der Waals surface area (Å²) in [5.74, 6) is 2.24. The van der Waals surface area contributed by atoms with Crippen molar-refractivity contribution < 1.29 is 13.9 Å². The van der Waals surface area contributed by atoms with Crippen molar-refractivity contribution in [1.29, 1.82) is 0 Å². The molecule has 2 aliphatic rings. The SMILES string of the molecule is O=C(CCn1cnnc1)N1CCc2oc(C3CCOCC3)nc2C1. The van der Waals surface area contributed by atoms with Crippen LogP contribution in [0.4, 0.5) is 0 Å². The van der Waals surface area contributed by atoms with E-state index in [1.54, 1.807) is 12.7 Å². The van der Waals surface area contributed by atoms with Crippen molar-refractivity contribution in [2.24, 2.45) is 0 Å². The normalized spacial score (nSPS) is 18.6. The zero-order valence-corrected chi connectivity index (χ0v) is 13.6. The van der Waals surface area contributed by atoms with Crippen LogP contribution < -0.4 is 0 Å². The zero-order valence-electron chi connectivity index (χ0n) is 13.6. The second kappa shape index (κ2) is 6.72. The third kappa shape index (κ3) is 3.19. The molecule has 128 valence electrons. The number of nitrogens with zero attached hydrogens (tertiary/aromatic N) is 5. The van der Waals surface area contributed by atoms with Gasteiger partial charge in [0, 0.05) is 45.1 Å². The van der Waals surface area contributed by atoms with Crippen molar-refractivity contribution in [3.05, 3.63) is 30.0 Å². The van der Waals surface area contributed by atoms with Crippen LogP contribution in [0.3, 0.4) is 0 Å². The molecule has 1 saturated heterocycles. The lowest BCUT2D eigenvalue weighted by atomic mass is 10.0. The number of aromatic nitrogens is 4. The van der Waals surface area contributed by atoms with Crippen LogP contribution in [0.1, 0.15) is 42.5 Å². The monoisotopic (exact) mass is 331 g/mol. The molecule has 8 nitrogen and oxygen atoms in total. The maximum atomic E-state index is 12.4. The molecular weight excluding hydrogens is 310 g/mol. The number of fused-ring (bicyclic) bond motifs is 1. The van der Waals surface area contributed by atoms with E-state index < -0.39 is 0 Å². The van der Waals surface area contributed by atoms with Gasteiger partial charge in [-0.2, -0.15) is 0 Å². The highest BCUT2D eigenvalue weighted by Gasteiger charge is 2.28. The molecule has 0 spiro atoms. The van der Waals surface area contributed by atoms with Gasteiger partial charge in [0.15, 0.2) is 5.89 Å². The van der Waals surface area contributed by atoms with Crippen molar-refractivity contribution in [1.82, 2.24) is 24.6 Å². The van der Waals surface area contributed by atoms with Crippen LogP contribution >= 0.6 is 0 Å². The van der Waals surface area contributed by atoms with Crippen molar-refractivity contribution >= 4 is 5.91 Å². The summed E-state index contributed by atoms with van der Waals surface area (Å²) in [4.78, 5) is 18.9. The zero-order chi connectivity index (χ0) is 16.4. The highest BCUT2D eigenvalue weighted by Crippen LogP contribution is 2.30. The summed E-state index contributed by atoms with van der Waals surface area (Å²) in [7, 11) is 0. The van der Waals surface area contributed by atoms with Gasteiger partial charge in [0.25, 0.3) is 0 Å². The van der Waals surface area contributed by atoms with Crippen molar-refractivity contribution in [3.63, 3.8) is 0 Å². The van der Waals surface area contributed by atoms with Gasteiger partial charge in [0.2, 0.25) is 5.91 Å². The minimum absolute atomic E-state index is 0.130. The molecule has 0 bridgehead atoms.